The number of carbonyl (C=O) groups is 2. The number of ether oxygens (including phenoxy) is 1. The minimum absolute atomic E-state index is 0.210. The summed E-state index contributed by atoms with van der Waals surface area (Å²) in [6, 6.07) is 0. The third kappa shape index (κ3) is 32.6. The highest BCUT2D eigenvalue weighted by atomic mass is 31.2. The zero-order valence-corrected chi connectivity index (χ0v) is 32.5. The quantitative estimate of drug-likeness (QED) is 0.0246. The first-order chi connectivity index (χ1) is 23.8. The standard InChI is InChI=1S/C39H76NO8P/c1-3-5-7-9-11-13-15-17-18-20-22-24-26-28-30-32-39(43)47-36(34-41)35-46-49(44,45)48-38(33-40)37(42)31-29-27-25-23-21-19-16-14-12-10-8-6-4-2/h30,32,36,38,41H,3-29,31,33-35,40H2,1-2H3,(H,44,45)/t36-,38?/m1/s1. The number of aliphatic hydroxyl groups excluding tert-OH is 1. The van der Waals surface area contributed by atoms with Crippen LogP contribution in [0.3, 0.4) is 0 Å². The number of unbranched alkanes of at least 4 members (excludes halogenated alkanes) is 25. The van der Waals surface area contributed by atoms with Crippen molar-refractivity contribution in [3.63, 3.8) is 0 Å². The van der Waals surface area contributed by atoms with E-state index in [1.165, 1.54) is 134 Å². The van der Waals surface area contributed by atoms with Crippen molar-refractivity contribution >= 4 is 19.6 Å². The highest BCUT2D eigenvalue weighted by Crippen LogP contribution is 2.45. The predicted molar refractivity (Wildman–Crippen MR) is 201 cm³/mol. The van der Waals surface area contributed by atoms with E-state index in [4.69, 9.17) is 19.5 Å². The van der Waals surface area contributed by atoms with Crippen LogP contribution in [0.15, 0.2) is 12.2 Å². The van der Waals surface area contributed by atoms with Gasteiger partial charge in [0.15, 0.2) is 5.78 Å². The normalized spacial score (nSPS) is 14.2. The lowest BCUT2D eigenvalue weighted by Gasteiger charge is -2.20. The highest BCUT2D eigenvalue weighted by Gasteiger charge is 2.31. The Kier molecular flexibility index (Phi) is 34.5. The number of phosphoric acid groups is 1. The van der Waals surface area contributed by atoms with Gasteiger partial charge in [-0.1, -0.05) is 174 Å². The van der Waals surface area contributed by atoms with Crippen LogP contribution in [0.2, 0.25) is 0 Å². The molecule has 0 fully saturated rings. The molecule has 0 aromatic heterocycles. The fraction of sp³-hybridized carbons (Fsp3) is 0.897. The molecule has 0 aromatic carbocycles. The van der Waals surface area contributed by atoms with Crippen molar-refractivity contribution in [2.45, 2.75) is 206 Å². The van der Waals surface area contributed by atoms with Crippen LogP contribution >= 0.6 is 7.82 Å². The third-order valence-corrected chi connectivity index (χ3v) is 9.99. The maximum atomic E-state index is 12.6. The number of rotatable bonds is 38. The molecule has 0 aromatic rings. The lowest BCUT2D eigenvalue weighted by molar-refractivity contribution is -0.147. The molecular weight excluding hydrogens is 641 g/mol. The van der Waals surface area contributed by atoms with Crippen LogP contribution in [0, 0.1) is 0 Å². The van der Waals surface area contributed by atoms with E-state index < -0.39 is 39.2 Å². The van der Waals surface area contributed by atoms with Crippen LogP contribution in [-0.4, -0.2) is 53.7 Å². The lowest BCUT2D eigenvalue weighted by atomic mass is 10.0. The molecule has 0 aliphatic rings. The lowest BCUT2D eigenvalue weighted by Crippen LogP contribution is -2.32. The van der Waals surface area contributed by atoms with Gasteiger partial charge in [-0.15, -0.1) is 0 Å². The second-order valence-corrected chi connectivity index (χ2v) is 15.1. The van der Waals surface area contributed by atoms with E-state index >= 15 is 0 Å². The zero-order chi connectivity index (χ0) is 36.3. The highest BCUT2D eigenvalue weighted by molar-refractivity contribution is 7.47. The molecule has 0 aliphatic heterocycles. The molecular formula is C39H76NO8P. The fourth-order valence-electron chi connectivity index (χ4n) is 5.87. The second kappa shape index (κ2) is 35.3. The van der Waals surface area contributed by atoms with Crippen molar-refractivity contribution < 1.29 is 37.9 Å². The third-order valence-electron chi connectivity index (χ3n) is 9.00. The molecule has 0 rings (SSSR count). The van der Waals surface area contributed by atoms with E-state index in [9.17, 15) is 24.2 Å². The van der Waals surface area contributed by atoms with Crippen molar-refractivity contribution in [3.05, 3.63) is 12.2 Å². The first kappa shape index (κ1) is 47.9. The molecule has 2 unspecified atom stereocenters. The summed E-state index contributed by atoms with van der Waals surface area (Å²) < 4.78 is 27.6. The van der Waals surface area contributed by atoms with E-state index in [-0.39, 0.29) is 18.7 Å². The van der Waals surface area contributed by atoms with Crippen molar-refractivity contribution in [3.8, 4) is 0 Å². The largest absolute Gasteiger partial charge is 0.473 e. The number of phosphoric ester groups is 1. The minimum Gasteiger partial charge on any atom is -0.454 e. The van der Waals surface area contributed by atoms with E-state index in [1.54, 1.807) is 6.08 Å². The molecule has 3 atom stereocenters. The Morgan fingerprint density at radius 3 is 1.49 bits per heavy atom. The summed E-state index contributed by atoms with van der Waals surface area (Å²) in [7, 11) is -4.68. The van der Waals surface area contributed by atoms with Gasteiger partial charge in [0.25, 0.3) is 0 Å². The van der Waals surface area contributed by atoms with E-state index in [0.717, 1.165) is 38.5 Å². The summed E-state index contributed by atoms with van der Waals surface area (Å²) in [5.74, 6) is -1.01. The van der Waals surface area contributed by atoms with Crippen molar-refractivity contribution in [2.24, 2.45) is 5.73 Å². The van der Waals surface area contributed by atoms with Crippen molar-refractivity contribution in [1.82, 2.24) is 0 Å². The van der Waals surface area contributed by atoms with Crippen LogP contribution in [-0.2, 0) is 27.9 Å². The number of carbonyl (C=O) groups excluding carboxylic acids is 2. The van der Waals surface area contributed by atoms with Gasteiger partial charge in [-0.25, -0.2) is 9.36 Å². The molecule has 9 nitrogen and oxygen atoms in total. The number of hydrogen-bond donors (Lipinski definition) is 3. The zero-order valence-electron chi connectivity index (χ0n) is 31.6. The molecule has 4 N–H and O–H groups in total. The summed E-state index contributed by atoms with van der Waals surface area (Å²) in [5.41, 5.74) is 5.65. The first-order valence-corrected chi connectivity index (χ1v) is 21.7. The minimum atomic E-state index is -4.68. The maximum absolute atomic E-state index is 12.6. The monoisotopic (exact) mass is 718 g/mol. The molecule has 290 valence electrons. The Bertz CT molecular complexity index is 840. The SMILES string of the molecule is CCCCCCCCCCCCCCCC=CC(=O)O[C@H](CO)COP(=O)(O)OC(CN)C(=O)CCCCCCCCCCCCCCC. The van der Waals surface area contributed by atoms with Gasteiger partial charge in [-0.05, 0) is 19.3 Å². The molecule has 0 amide bonds. The fourth-order valence-corrected chi connectivity index (χ4v) is 6.81. The summed E-state index contributed by atoms with van der Waals surface area (Å²) >= 11 is 0. The van der Waals surface area contributed by atoms with Crippen molar-refractivity contribution in [2.75, 3.05) is 19.8 Å². The van der Waals surface area contributed by atoms with Crippen molar-refractivity contribution in [1.29, 1.82) is 0 Å². The number of aliphatic hydroxyl groups is 1. The van der Waals surface area contributed by atoms with Gasteiger partial charge in [-0.3, -0.25) is 13.8 Å². The Morgan fingerprint density at radius 1 is 0.673 bits per heavy atom. The summed E-state index contributed by atoms with van der Waals surface area (Å²) in [5, 5.41) is 9.57. The predicted octanol–water partition coefficient (Wildman–Crippen LogP) is 10.4. The Hall–Kier alpha value is -1.09. The number of allylic oxidation sites excluding steroid dienone is 1. The molecule has 0 aliphatic carbocycles. The van der Waals surface area contributed by atoms with Gasteiger partial charge in [0.05, 0.1) is 13.2 Å². The topological polar surface area (TPSA) is 145 Å². The van der Waals surface area contributed by atoms with E-state index in [1.807, 2.05) is 0 Å². The summed E-state index contributed by atoms with van der Waals surface area (Å²) in [6.45, 7) is 3.07. The molecule has 49 heavy (non-hydrogen) atoms. The Balaban J connectivity index is 4.02. The van der Waals surface area contributed by atoms with Gasteiger partial charge < -0.3 is 20.5 Å². The van der Waals surface area contributed by atoms with Gasteiger partial charge in [0.2, 0.25) is 0 Å². The van der Waals surface area contributed by atoms with Crippen LogP contribution in [0.5, 0.6) is 0 Å². The first-order valence-electron chi connectivity index (χ1n) is 20.2. The average molecular weight is 718 g/mol. The molecule has 0 spiro atoms. The Morgan fingerprint density at radius 2 is 1.08 bits per heavy atom. The van der Waals surface area contributed by atoms with E-state index in [0.29, 0.717) is 6.42 Å². The van der Waals surface area contributed by atoms with Gasteiger partial charge >= 0.3 is 13.8 Å². The summed E-state index contributed by atoms with van der Waals surface area (Å²) in [4.78, 5) is 34.9. The molecule has 0 radical (unpaired) electrons. The van der Waals surface area contributed by atoms with Gasteiger partial charge in [0.1, 0.15) is 12.2 Å². The molecule has 0 bridgehead atoms. The number of nitrogens with two attached hydrogens (primary N) is 1. The molecule has 0 saturated carbocycles. The molecule has 0 saturated heterocycles. The number of ketones is 1. The Labute approximate surface area is 300 Å². The van der Waals surface area contributed by atoms with Crippen LogP contribution in [0.4, 0.5) is 0 Å². The molecule has 0 heterocycles. The van der Waals surface area contributed by atoms with Crippen LogP contribution < -0.4 is 5.73 Å². The van der Waals surface area contributed by atoms with Gasteiger partial charge in [0, 0.05) is 19.0 Å². The van der Waals surface area contributed by atoms with Crippen LogP contribution in [0.25, 0.3) is 0 Å². The van der Waals surface area contributed by atoms with Gasteiger partial charge in [-0.2, -0.15) is 0 Å². The average Bonchev–Trinajstić information content (AvgIpc) is 3.09. The number of esters is 1. The van der Waals surface area contributed by atoms with E-state index in [2.05, 4.69) is 13.8 Å². The maximum Gasteiger partial charge on any atom is 0.473 e. The van der Waals surface area contributed by atoms with Crippen LogP contribution in [0.1, 0.15) is 194 Å². The smallest absolute Gasteiger partial charge is 0.454 e. The number of hydrogen-bond acceptors (Lipinski definition) is 8. The molecule has 10 heteroatoms. The summed E-state index contributed by atoms with van der Waals surface area (Å²) in [6.07, 6.45) is 33.7. The number of Topliss-reactive ketones (excluding diaryl/α,β-unsaturated/α-hetero) is 1. The second-order valence-electron chi connectivity index (χ2n) is 13.7.